The number of amides is 1. The molecule has 3 rings (SSSR count). The fourth-order valence-electron chi connectivity index (χ4n) is 3.37. The van der Waals surface area contributed by atoms with E-state index in [0.717, 1.165) is 46.6 Å². The first kappa shape index (κ1) is 22.7. The van der Waals surface area contributed by atoms with E-state index >= 15 is 0 Å². The van der Waals surface area contributed by atoms with Gasteiger partial charge in [-0.25, -0.2) is 0 Å². The van der Waals surface area contributed by atoms with Crippen LogP contribution in [0.4, 0.5) is 11.4 Å². The number of rotatable bonds is 6. The Balaban J connectivity index is 1.88. The highest BCUT2D eigenvalue weighted by Crippen LogP contribution is 2.25. The van der Waals surface area contributed by atoms with E-state index in [2.05, 4.69) is 64.7 Å². The van der Waals surface area contributed by atoms with Crippen molar-refractivity contribution in [3.63, 3.8) is 0 Å². The standard InChI is InChI=1S/C23H30N6OS/c1-7-28(8-2)17-9-10-21(16(6)11-17)29-26-19-12-15(5)18(13-20(19)27-29)24-23(31)25-22(30)14(3)4/h9-14H,7-8H2,1-6H3,(H2,24,25,30,31). The first-order chi connectivity index (χ1) is 14.7. The zero-order chi connectivity index (χ0) is 22.7. The van der Waals surface area contributed by atoms with Gasteiger partial charge < -0.3 is 15.5 Å². The van der Waals surface area contributed by atoms with Gasteiger partial charge in [-0.1, -0.05) is 13.8 Å². The van der Waals surface area contributed by atoms with Crippen molar-refractivity contribution < 1.29 is 4.79 Å². The van der Waals surface area contributed by atoms with E-state index in [1.165, 1.54) is 5.69 Å². The van der Waals surface area contributed by atoms with Gasteiger partial charge in [0.2, 0.25) is 5.91 Å². The van der Waals surface area contributed by atoms with E-state index in [0.29, 0.717) is 0 Å². The maximum atomic E-state index is 11.9. The maximum absolute atomic E-state index is 11.9. The number of carbonyl (C=O) groups is 1. The predicted molar refractivity (Wildman–Crippen MR) is 131 cm³/mol. The number of fused-ring (bicyclic) bond motifs is 1. The number of nitrogens with one attached hydrogen (secondary N) is 2. The Kier molecular flexibility index (Phi) is 6.90. The number of hydrogen-bond donors (Lipinski definition) is 2. The Bertz CT molecular complexity index is 1120. The van der Waals surface area contributed by atoms with Crippen LogP contribution in [-0.4, -0.2) is 39.1 Å². The molecule has 0 aliphatic rings. The minimum atomic E-state index is -0.139. The number of aromatic nitrogens is 3. The van der Waals surface area contributed by atoms with Gasteiger partial charge in [0, 0.05) is 30.4 Å². The van der Waals surface area contributed by atoms with Crippen LogP contribution in [0.5, 0.6) is 0 Å². The van der Waals surface area contributed by atoms with Gasteiger partial charge in [0.05, 0.1) is 5.69 Å². The van der Waals surface area contributed by atoms with Crippen molar-refractivity contribution in [1.29, 1.82) is 0 Å². The molecule has 7 nitrogen and oxygen atoms in total. The van der Waals surface area contributed by atoms with Crippen molar-refractivity contribution in [2.75, 3.05) is 23.3 Å². The number of aryl methyl sites for hydroxylation is 2. The molecule has 0 atom stereocenters. The number of benzene rings is 2. The van der Waals surface area contributed by atoms with Gasteiger partial charge in [-0.2, -0.15) is 4.80 Å². The van der Waals surface area contributed by atoms with Crippen molar-refractivity contribution in [3.05, 3.63) is 41.5 Å². The summed E-state index contributed by atoms with van der Waals surface area (Å²) in [6.07, 6.45) is 0. The van der Waals surface area contributed by atoms with E-state index in [-0.39, 0.29) is 16.9 Å². The lowest BCUT2D eigenvalue weighted by molar-refractivity contribution is -0.122. The number of carbonyl (C=O) groups excluding carboxylic acids is 1. The maximum Gasteiger partial charge on any atom is 0.228 e. The Labute approximate surface area is 188 Å². The summed E-state index contributed by atoms with van der Waals surface area (Å²) >= 11 is 5.28. The van der Waals surface area contributed by atoms with Crippen molar-refractivity contribution in [2.24, 2.45) is 5.92 Å². The molecule has 0 spiro atoms. The highest BCUT2D eigenvalue weighted by atomic mass is 32.1. The lowest BCUT2D eigenvalue weighted by Gasteiger charge is -2.22. The summed E-state index contributed by atoms with van der Waals surface area (Å²) in [7, 11) is 0. The fraction of sp³-hybridized carbons (Fsp3) is 0.391. The lowest BCUT2D eigenvalue weighted by Crippen LogP contribution is -2.36. The summed E-state index contributed by atoms with van der Waals surface area (Å²) in [4.78, 5) is 15.9. The number of hydrogen-bond acceptors (Lipinski definition) is 5. The van der Waals surface area contributed by atoms with Gasteiger partial charge >= 0.3 is 0 Å². The van der Waals surface area contributed by atoms with E-state index < -0.39 is 0 Å². The van der Waals surface area contributed by atoms with Crippen LogP contribution >= 0.6 is 12.2 Å². The molecular formula is C23H30N6OS. The van der Waals surface area contributed by atoms with Crippen LogP contribution in [0.3, 0.4) is 0 Å². The van der Waals surface area contributed by atoms with Crippen LogP contribution < -0.4 is 15.5 Å². The van der Waals surface area contributed by atoms with E-state index in [4.69, 9.17) is 12.2 Å². The zero-order valence-electron chi connectivity index (χ0n) is 19.0. The van der Waals surface area contributed by atoms with Gasteiger partial charge in [-0.05, 0) is 81.4 Å². The molecule has 0 radical (unpaired) electrons. The molecule has 1 aromatic heterocycles. The number of thiocarbonyl (C=S) groups is 1. The second-order valence-electron chi connectivity index (χ2n) is 7.89. The van der Waals surface area contributed by atoms with Crippen LogP contribution in [0, 0.1) is 19.8 Å². The topological polar surface area (TPSA) is 75.1 Å². The predicted octanol–water partition coefficient (Wildman–Crippen LogP) is 4.35. The first-order valence-corrected chi connectivity index (χ1v) is 11.0. The largest absolute Gasteiger partial charge is 0.372 e. The summed E-state index contributed by atoms with van der Waals surface area (Å²) in [5, 5.41) is 15.4. The fourth-order valence-corrected chi connectivity index (χ4v) is 3.58. The molecule has 0 fully saturated rings. The SMILES string of the molecule is CCN(CC)c1ccc(-n2nc3cc(C)c(NC(=S)NC(=O)C(C)C)cc3n2)c(C)c1. The zero-order valence-corrected chi connectivity index (χ0v) is 19.8. The van der Waals surface area contributed by atoms with Crippen LogP contribution in [0.25, 0.3) is 16.7 Å². The van der Waals surface area contributed by atoms with Crippen LogP contribution in [0.15, 0.2) is 30.3 Å². The van der Waals surface area contributed by atoms with Crippen molar-refractivity contribution >= 4 is 45.6 Å². The molecule has 0 unspecified atom stereocenters. The molecular weight excluding hydrogens is 408 g/mol. The normalized spacial score (nSPS) is 11.1. The molecule has 1 amide bonds. The third-order valence-corrected chi connectivity index (χ3v) is 5.46. The summed E-state index contributed by atoms with van der Waals surface area (Å²) in [5.74, 6) is -0.259. The summed E-state index contributed by atoms with van der Waals surface area (Å²) in [6, 6.07) is 10.2. The number of nitrogens with zero attached hydrogens (tertiary/aromatic N) is 4. The lowest BCUT2D eigenvalue weighted by atomic mass is 10.1. The Morgan fingerprint density at radius 1 is 1.06 bits per heavy atom. The Morgan fingerprint density at radius 3 is 2.29 bits per heavy atom. The molecule has 0 saturated carbocycles. The molecule has 2 N–H and O–H groups in total. The summed E-state index contributed by atoms with van der Waals surface area (Å²) < 4.78 is 0. The molecule has 8 heteroatoms. The summed E-state index contributed by atoms with van der Waals surface area (Å²) in [6.45, 7) is 13.9. The van der Waals surface area contributed by atoms with Crippen molar-refractivity contribution in [1.82, 2.24) is 20.3 Å². The molecule has 2 aromatic carbocycles. The molecule has 31 heavy (non-hydrogen) atoms. The monoisotopic (exact) mass is 438 g/mol. The number of anilines is 2. The average molecular weight is 439 g/mol. The van der Waals surface area contributed by atoms with Gasteiger partial charge in [0.25, 0.3) is 0 Å². The third-order valence-electron chi connectivity index (χ3n) is 5.26. The first-order valence-electron chi connectivity index (χ1n) is 10.6. The second-order valence-corrected chi connectivity index (χ2v) is 8.29. The second kappa shape index (κ2) is 9.43. The van der Waals surface area contributed by atoms with E-state index in [1.54, 1.807) is 4.80 Å². The van der Waals surface area contributed by atoms with Crippen LogP contribution in [-0.2, 0) is 4.79 Å². The molecule has 0 bridgehead atoms. The quantitative estimate of drug-likeness (QED) is 0.557. The third kappa shape index (κ3) is 5.02. The highest BCUT2D eigenvalue weighted by Gasteiger charge is 2.13. The molecule has 0 aliphatic carbocycles. The molecule has 164 valence electrons. The minimum absolute atomic E-state index is 0.120. The summed E-state index contributed by atoms with van der Waals surface area (Å²) in [5.41, 5.74) is 6.56. The highest BCUT2D eigenvalue weighted by molar-refractivity contribution is 7.80. The van der Waals surface area contributed by atoms with Crippen LogP contribution in [0.2, 0.25) is 0 Å². The van der Waals surface area contributed by atoms with Crippen molar-refractivity contribution in [2.45, 2.75) is 41.5 Å². The van der Waals surface area contributed by atoms with Crippen molar-refractivity contribution in [3.8, 4) is 5.69 Å². The smallest absolute Gasteiger partial charge is 0.228 e. The average Bonchev–Trinajstić information content (AvgIpc) is 3.11. The van der Waals surface area contributed by atoms with Gasteiger partial charge in [-0.3, -0.25) is 4.79 Å². The van der Waals surface area contributed by atoms with E-state index in [9.17, 15) is 4.79 Å². The van der Waals surface area contributed by atoms with Gasteiger partial charge in [0.1, 0.15) is 11.0 Å². The molecule has 3 aromatic rings. The van der Waals surface area contributed by atoms with E-state index in [1.807, 2.05) is 32.9 Å². The van der Waals surface area contributed by atoms with Gasteiger partial charge in [-0.15, -0.1) is 10.2 Å². The molecule has 0 aliphatic heterocycles. The molecule has 1 heterocycles. The Morgan fingerprint density at radius 2 is 1.71 bits per heavy atom. The minimum Gasteiger partial charge on any atom is -0.372 e. The van der Waals surface area contributed by atoms with Crippen LogP contribution in [0.1, 0.15) is 38.8 Å². The Hall–Kier alpha value is -3.00. The van der Waals surface area contributed by atoms with Gasteiger partial charge in [0.15, 0.2) is 5.11 Å². The molecule has 0 saturated heterocycles.